The lowest BCUT2D eigenvalue weighted by molar-refractivity contribution is 0.0950. The predicted octanol–water partition coefficient (Wildman–Crippen LogP) is 3.37. The molecule has 0 saturated carbocycles. The van der Waals surface area contributed by atoms with Crippen LogP contribution in [-0.2, 0) is 17.8 Å². The third-order valence-electron chi connectivity index (χ3n) is 5.64. The first kappa shape index (κ1) is 20.7. The van der Waals surface area contributed by atoms with Gasteiger partial charge in [-0.25, -0.2) is 18.7 Å². The number of halogens is 2. The van der Waals surface area contributed by atoms with Crippen LogP contribution in [0.15, 0.2) is 64.4 Å². The fourth-order valence-corrected chi connectivity index (χ4v) is 4.23. The summed E-state index contributed by atoms with van der Waals surface area (Å²) in [6.07, 6.45) is 2.98. The number of hydrogen-bond acceptors (Lipinski definition) is 4. The second-order valence-corrected chi connectivity index (χ2v) is 8.26. The minimum absolute atomic E-state index is 0.159. The number of hydrogen-bond donors (Lipinski definition) is 0. The van der Waals surface area contributed by atoms with E-state index >= 15 is 0 Å². The molecule has 0 N–H and O–H groups in total. The van der Waals surface area contributed by atoms with Gasteiger partial charge in [0.05, 0.1) is 24.7 Å². The Kier molecular flexibility index (Phi) is 5.40. The Bertz CT molecular complexity index is 1400. The number of aromatic nitrogens is 4. The van der Waals surface area contributed by atoms with Gasteiger partial charge in [0, 0.05) is 18.2 Å². The van der Waals surface area contributed by atoms with E-state index in [9.17, 15) is 14.0 Å². The van der Waals surface area contributed by atoms with Crippen LogP contribution in [0.4, 0.5) is 4.39 Å². The lowest BCUT2D eigenvalue weighted by atomic mass is 10.2. The number of fused-ring (bicyclic) bond motifs is 1. The maximum atomic E-state index is 13.7. The van der Waals surface area contributed by atoms with Crippen molar-refractivity contribution in [3.8, 4) is 5.69 Å². The van der Waals surface area contributed by atoms with Gasteiger partial charge in [0.25, 0.3) is 5.56 Å². The molecular weight excluding hydrogens is 435 g/mol. The van der Waals surface area contributed by atoms with Crippen LogP contribution < -0.4 is 11.2 Å². The van der Waals surface area contributed by atoms with Crippen molar-refractivity contribution in [3.05, 3.63) is 92.1 Å². The SMILES string of the molecule is O=c1c2c(ncn2Cc2cccc(F)c2)n(-c2ccc(Cl)cc2)c(=O)n1C[C@H]1CCCO1. The number of benzene rings is 2. The molecular formula is C23H20ClFN4O3. The fourth-order valence-electron chi connectivity index (χ4n) is 4.11. The van der Waals surface area contributed by atoms with E-state index in [0.29, 0.717) is 22.9 Å². The van der Waals surface area contributed by atoms with E-state index in [-0.39, 0.29) is 36.2 Å². The lowest BCUT2D eigenvalue weighted by Crippen LogP contribution is -2.42. The van der Waals surface area contributed by atoms with Crippen molar-refractivity contribution >= 4 is 22.8 Å². The topological polar surface area (TPSA) is 71.0 Å². The molecule has 1 aliphatic heterocycles. The Balaban J connectivity index is 1.72. The van der Waals surface area contributed by atoms with E-state index in [2.05, 4.69) is 4.98 Å². The Morgan fingerprint density at radius 3 is 2.69 bits per heavy atom. The average Bonchev–Trinajstić information content (AvgIpc) is 3.43. The van der Waals surface area contributed by atoms with Crippen LogP contribution in [0, 0.1) is 5.82 Å². The van der Waals surface area contributed by atoms with E-state index in [1.807, 2.05) is 0 Å². The summed E-state index contributed by atoms with van der Waals surface area (Å²) in [4.78, 5) is 31.3. The molecule has 2 aromatic heterocycles. The minimum Gasteiger partial charge on any atom is -0.376 e. The number of rotatable bonds is 5. The van der Waals surface area contributed by atoms with E-state index in [1.165, 1.54) is 27.6 Å². The molecule has 9 heteroatoms. The van der Waals surface area contributed by atoms with E-state index < -0.39 is 11.2 Å². The Labute approximate surface area is 187 Å². The molecule has 0 spiro atoms. The highest BCUT2D eigenvalue weighted by Gasteiger charge is 2.23. The first-order valence-corrected chi connectivity index (χ1v) is 10.7. The normalized spacial score (nSPS) is 16.1. The van der Waals surface area contributed by atoms with Crippen LogP contribution in [0.5, 0.6) is 0 Å². The second-order valence-electron chi connectivity index (χ2n) is 7.82. The number of nitrogens with zero attached hydrogens (tertiary/aromatic N) is 4. The van der Waals surface area contributed by atoms with E-state index in [4.69, 9.17) is 16.3 Å². The van der Waals surface area contributed by atoms with Gasteiger partial charge in [0.2, 0.25) is 0 Å². The van der Waals surface area contributed by atoms with Crippen molar-refractivity contribution in [2.75, 3.05) is 6.61 Å². The fraction of sp³-hybridized carbons (Fsp3) is 0.261. The van der Waals surface area contributed by atoms with Gasteiger partial charge in [-0.05, 0) is 54.8 Å². The van der Waals surface area contributed by atoms with Gasteiger partial charge in [0.1, 0.15) is 5.82 Å². The first-order valence-electron chi connectivity index (χ1n) is 10.3. The quantitative estimate of drug-likeness (QED) is 0.463. The lowest BCUT2D eigenvalue weighted by Gasteiger charge is -2.15. The van der Waals surface area contributed by atoms with Crippen LogP contribution in [0.3, 0.4) is 0 Å². The van der Waals surface area contributed by atoms with Crippen LogP contribution in [0.1, 0.15) is 18.4 Å². The molecule has 2 aromatic carbocycles. The molecule has 1 fully saturated rings. The molecule has 0 amide bonds. The van der Waals surface area contributed by atoms with Crippen molar-refractivity contribution in [3.63, 3.8) is 0 Å². The van der Waals surface area contributed by atoms with Crippen LogP contribution in [0.25, 0.3) is 16.9 Å². The van der Waals surface area contributed by atoms with Gasteiger partial charge in [0.15, 0.2) is 11.2 Å². The van der Waals surface area contributed by atoms with Gasteiger partial charge in [-0.15, -0.1) is 0 Å². The third-order valence-corrected chi connectivity index (χ3v) is 5.89. The summed E-state index contributed by atoms with van der Waals surface area (Å²) in [5, 5.41) is 0.530. The molecule has 0 unspecified atom stereocenters. The smallest absolute Gasteiger partial charge is 0.337 e. The summed E-state index contributed by atoms with van der Waals surface area (Å²) in [7, 11) is 0. The highest BCUT2D eigenvalue weighted by atomic mass is 35.5. The van der Waals surface area contributed by atoms with Crippen molar-refractivity contribution in [2.24, 2.45) is 0 Å². The average molecular weight is 455 g/mol. The number of imidazole rings is 1. The van der Waals surface area contributed by atoms with Crippen molar-refractivity contribution in [2.45, 2.75) is 32.0 Å². The summed E-state index contributed by atoms with van der Waals surface area (Å²) in [5.41, 5.74) is 0.792. The Morgan fingerprint density at radius 1 is 1.16 bits per heavy atom. The molecule has 1 saturated heterocycles. The molecule has 1 atom stereocenters. The van der Waals surface area contributed by atoms with Gasteiger partial charge in [-0.2, -0.15) is 0 Å². The molecule has 0 bridgehead atoms. The zero-order chi connectivity index (χ0) is 22.2. The van der Waals surface area contributed by atoms with E-state index in [0.717, 1.165) is 12.8 Å². The summed E-state index contributed by atoms with van der Waals surface area (Å²) in [6, 6.07) is 12.9. The molecule has 1 aliphatic rings. The second kappa shape index (κ2) is 8.37. The molecule has 32 heavy (non-hydrogen) atoms. The zero-order valence-corrected chi connectivity index (χ0v) is 17.8. The van der Waals surface area contributed by atoms with Crippen LogP contribution >= 0.6 is 11.6 Å². The molecule has 7 nitrogen and oxygen atoms in total. The minimum atomic E-state index is -0.490. The molecule has 3 heterocycles. The molecule has 164 valence electrons. The van der Waals surface area contributed by atoms with E-state index in [1.54, 1.807) is 41.0 Å². The van der Waals surface area contributed by atoms with Crippen LogP contribution in [0.2, 0.25) is 5.02 Å². The third kappa shape index (κ3) is 3.76. The molecule has 5 rings (SSSR count). The first-order chi connectivity index (χ1) is 15.5. The maximum absolute atomic E-state index is 13.7. The van der Waals surface area contributed by atoms with Gasteiger partial charge < -0.3 is 9.30 Å². The summed E-state index contributed by atoms with van der Waals surface area (Å²) in [5.74, 6) is -0.360. The Hall–Kier alpha value is -3.23. The van der Waals surface area contributed by atoms with Gasteiger partial charge in [-0.1, -0.05) is 23.7 Å². The monoisotopic (exact) mass is 454 g/mol. The van der Waals surface area contributed by atoms with Gasteiger partial charge in [-0.3, -0.25) is 9.36 Å². The summed E-state index contributed by atoms with van der Waals surface area (Å²) >= 11 is 6.02. The highest BCUT2D eigenvalue weighted by Crippen LogP contribution is 2.18. The summed E-state index contributed by atoms with van der Waals surface area (Å²) in [6.45, 7) is 1.01. The predicted molar refractivity (Wildman–Crippen MR) is 119 cm³/mol. The van der Waals surface area contributed by atoms with Crippen molar-refractivity contribution < 1.29 is 9.13 Å². The molecule has 4 aromatic rings. The van der Waals surface area contributed by atoms with Crippen molar-refractivity contribution in [1.82, 2.24) is 18.7 Å². The highest BCUT2D eigenvalue weighted by molar-refractivity contribution is 6.30. The standard InChI is InChI=1S/C23H20ClFN4O3/c24-16-6-8-18(9-7-16)29-21-20(22(30)28(23(29)31)13-19-5-2-10-32-19)27(14-26-21)12-15-3-1-4-17(25)11-15/h1,3-4,6-9,11,14,19H,2,5,10,12-13H2/t19-/m1/s1. The maximum Gasteiger partial charge on any atom is 0.337 e. The van der Waals surface area contributed by atoms with Gasteiger partial charge >= 0.3 is 5.69 Å². The zero-order valence-electron chi connectivity index (χ0n) is 17.1. The van der Waals surface area contributed by atoms with Crippen LogP contribution in [-0.4, -0.2) is 31.4 Å². The summed E-state index contributed by atoms with van der Waals surface area (Å²) < 4.78 is 23.6. The molecule has 0 radical (unpaired) electrons. The molecule has 0 aliphatic carbocycles. The largest absolute Gasteiger partial charge is 0.376 e. The number of ether oxygens (including phenoxy) is 1. The Morgan fingerprint density at radius 2 is 1.97 bits per heavy atom. The van der Waals surface area contributed by atoms with Crippen molar-refractivity contribution in [1.29, 1.82) is 0 Å².